The van der Waals surface area contributed by atoms with Crippen LogP contribution in [0.1, 0.15) is 24.1 Å². The Kier molecular flexibility index (Phi) is 4.03. The van der Waals surface area contributed by atoms with E-state index in [1.54, 1.807) is 29.5 Å². The van der Waals surface area contributed by atoms with E-state index in [-0.39, 0.29) is 5.56 Å². The average Bonchev–Trinajstić information content (AvgIpc) is 3.04. The fourth-order valence-corrected chi connectivity index (χ4v) is 4.08. The number of nitrogens with one attached hydrogen (secondary N) is 1. The Bertz CT molecular complexity index is 1100. The summed E-state index contributed by atoms with van der Waals surface area (Å²) in [6, 6.07) is 2.21. The molecule has 4 heterocycles. The largest absolute Gasteiger partial charge is 0.355 e. The summed E-state index contributed by atoms with van der Waals surface area (Å²) < 4.78 is 3.17. The van der Waals surface area contributed by atoms with Crippen LogP contribution in [0.15, 0.2) is 17.1 Å². The molecule has 146 valence electrons. The fourth-order valence-electron chi connectivity index (χ4n) is 4.08. The second kappa shape index (κ2) is 6.57. The Labute approximate surface area is 162 Å². The van der Waals surface area contributed by atoms with Gasteiger partial charge in [0, 0.05) is 45.8 Å². The van der Waals surface area contributed by atoms with Gasteiger partial charge in [-0.15, -0.1) is 5.10 Å². The molecule has 0 spiro atoms. The zero-order valence-electron chi connectivity index (χ0n) is 16.2. The minimum absolute atomic E-state index is 0.0832. The number of hydrogen-bond acceptors (Lipinski definition) is 7. The van der Waals surface area contributed by atoms with Crippen molar-refractivity contribution in [2.45, 2.75) is 25.7 Å². The molecule has 1 aliphatic carbocycles. The number of rotatable bonds is 4. The van der Waals surface area contributed by atoms with E-state index in [1.807, 2.05) is 0 Å². The first-order chi connectivity index (χ1) is 13.6. The van der Waals surface area contributed by atoms with Crippen molar-refractivity contribution in [3.8, 4) is 0 Å². The van der Waals surface area contributed by atoms with Crippen LogP contribution in [0.5, 0.6) is 0 Å². The lowest BCUT2D eigenvalue weighted by molar-refractivity contribution is 0.423. The lowest BCUT2D eigenvalue weighted by atomic mass is 9.95. The molecule has 1 saturated heterocycles. The van der Waals surface area contributed by atoms with Crippen LogP contribution in [-0.2, 0) is 26.9 Å². The van der Waals surface area contributed by atoms with Crippen molar-refractivity contribution in [1.29, 1.82) is 0 Å². The highest BCUT2D eigenvalue weighted by atomic mass is 16.1. The zero-order chi connectivity index (χ0) is 19.3. The van der Waals surface area contributed by atoms with Crippen molar-refractivity contribution in [1.82, 2.24) is 29.5 Å². The first kappa shape index (κ1) is 17.2. The summed E-state index contributed by atoms with van der Waals surface area (Å²) in [6.07, 6.45) is 6.35. The van der Waals surface area contributed by atoms with Gasteiger partial charge in [-0.05, 0) is 37.3 Å². The molecule has 0 atom stereocenters. The monoisotopic (exact) mass is 380 g/mol. The number of anilines is 2. The summed E-state index contributed by atoms with van der Waals surface area (Å²) in [6.45, 7) is 2.62. The molecule has 5 rings (SSSR count). The van der Waals surface area contributed by atoms with Gasteiger partial charge in [-0.1, -0.05) is 0 Å². The Balaban J connectivity index is 1.23. The van der Waals surface area contributed by atoms with Gasteiger partial charge < -0.3 is 10.2 Å². The summed E-state index contributed by atoms with van der Waals surface area (Å²) in [5.41, 5.74) is 2.93. The van der Waals surface area contributed by atoms with Crippen molar-refractivity contribution in [3.05, 3.63) is 33.9 Å². The van der Waals surface area contributed by atoms with E-state index < -0.39 is 0 Å². The van der Waals surface area contributed by atoms with Crippen LogP contribution in [0.2, 0.25) is 0 Å². The molecule has 9 nitrogen and oxygen atoms in total. The lowest BCUT2D eigenvalue weighted by Crippen LogP contribution is -2.50. The maximum Gasteiger partial charge on any atom is 0.265 e. The van der Waals surface area contributed by atoms with Gasteiger partial charge in [0.25, 0.3) is 5.56 Å². The maximum atomic E-state index is 12.5. The van der Waals surface area contributed by atoms with Gasteiger partial charge >= 0.3 is 0 Å². The molecule has 0 saturated carbocycles. The molecule has 2 aliphatic rings. The minimum Gasteiger partial charge on any atom is -0.355 e. The lowest BCUT2D eigenvalue weighted by Gasteiger charge is -2.40. The van der Waals surface area contributed by atoms with Gasteiger partial charge in [0.05, 0.1) is 5.69 Å². The van der Waals surface area contributed by atoms with Crippen molar-refractivity contribution < 1.29 is 0 Å². The number of aryl methyl sites for hydroxylation is 3. The molecule has 0 radical (unpaired) electrons. The van der Waals surface area contributed by atoms with Crippen LogP contribution >= 0.6 is 0 Å². The molecule has 1 fully saturated rings. The number of hydrogen-bond donors (Lipinski definition) is 1. The number of aromatic nitrogens is 6. The molecule has 9 heteroatoms. The third-order valence-electron chi connectivity index (χ3n) is 5.76. The highest BCUT2D eigenvalue weighted by Crippen LogP contribution is 2.26. The quantitative estimate of drug-likeness (QED) is 0.718. The minimum atomic E-state index is -0.0832. The summed E-state index contributed by atoms with van der Waals surface area (Å²) in [5, 5.41) is 17.0. The van der Waals surface area contributed by atoms with Crippen LogP contribution in [0.4, 0.5) is 11.8 Å². The molecule has 3 aromatic heterocycles. The number of nitrogens with zero attached hydrogens (tertiary/aromatic N) is 7. The molecule has 0 unspecified atom stereocenters. The first-order valence-electron chi connectivity index (χ1n) is 9.83. The van der Waals surface area contributed by atoms with Crippen molar-refractivity contribution in [2.24, 2.45) is 20.0 Å². The highest BCUT2D eigenvalue weighted by molar-refractivity contribution is 5.74. The molecule has 1 aliphatic heterocycles. The van der Waals surface area contributed by atoms with Crippen LogP contribution in [0, 0.1) is 5.92 Å². The molecule has 0 aromatic carbocycles. The SMILES string of the molecule is Cn1cc2c(=O)n(C)c(NCC3CN(c4cc5c(nn4)CCCC5)C3)nc2n1. The molecule has 1 N–H and O–H groups in total. The van der Waals surface area contributed by atoms with E-state index >= 15 is 0 Å². The van der Waals surface area contributed by atoms with Gasteiger partial charge in [0.15, 0.2) is 11.5 Å². The highest BCUT2D eigenvalue weighted by Gasteiger charge is 2.29. The van der Waals surface area contributed by atoms with E-state index in [1.165, 1.54) is 24.1 Å². The molecular weight excluding hydrogens is 356 g/mol. The van der Waals surface area contributed by atoms with E-state index in [9.17, 15) is 4.79 Å². The standard InChI is InChI=1S/C19H24N8O/c1-25-11-14-17(24-25)21-19(26(2)18(14)28)20-8-12-9-27(10-12)16-7-13-5-3-4-6-15(13)22-23-16/h7,11-12H,3-6,8-10H2,1-2H3,(H,20,21,24). The Hall–Kier alpha value is -2.97. The summed E-state index contributed by atoms with van der Waals surface area (Å²) in [5.74, 6) is 2.02. The molecule has 0 amide bonds. The zero-order valence-corrected chi connectivity index (χ0v) is 16.2. The van der Waals surface area contributed by atoms with Crippen LogP contribution in [0.3, 0.4) is 0 Å². The summed E-state index contributed by atoms with van der Waals surface area (Å²) in [4.78, 5) is 19.2. The van der Waals surface area contributed by atoms with Crippen molar-refractivity contribution in [3.63, 3.8) is 0 Å². The normalized spacial score (nSPS) is 16.9. The van der Waals surface area contributed by atoms with Crippen LogP contribution in [-0.4, -0.2) is 49.2 Å². The average molecular weight is 380 g/mol. The third kappa shape index (κ3) is 2.90. The third-order valence-corrected chi connectivity index (χ3v) is 5.76. The van der Waals surface area contributed by atoms with E-state index in [0.29, 0.717) is 22.9 Å². The topological polar surface area (TPSA) is 93.8 Å². The van der Waals surface area contributed by atoms with Crippen LogP contribution in [0.25, 0.3) is 11.0 Å². The van der Waals surface area contributed by atoms with Crippen molar-refractivity contribution in [2.75, 3.05) is 29.9 Å². The maximum absolute atomic E-state index is 12.5. The summed E-state index contributed by atoms with van der Waals surface area (Å²) in [7, 11) is 3.53. The predicted octanol–water partition coefficient (Wildman–Crippen LogP) is 0.884. The Morgan fingerprint density at radius 2 is 2.00 bits per heavy atom. The van der Waals surface area contributed by atoms with Gasteiger partial charge in [-0.3, -0.25) is 14.0 Å². The van der Waals surface area contributed by atoms with Gasteiger partial charge in [-0.2, -0.15) is 15.2 Å². The Morgan fingerprint density at radius 1 is 1.18 bits per heavy atom. The first-order valence-corrected chi connectivity index (χ1v) is 9.83. The fraction of sp³-hybridized carbons (Fsp3) is 0.526. The number of fused-ring (bicyclic) bond motifs is 2. The molecule has 3 aromatic rings. The van der Waals surface area contributed by atoms with E-state index in [4.69, 9.17) is 0 Å². The smallest absolute Gasteiger partial charge is 0.265 e. The summed E-state index contributed by atoms with van der Waals surface area (Å²) >= 11 is 0. The second-order valence-corrected chi connectivity index (χ2v) is 7.87. The molecule has 28 heavy (non-hydrogen) atoms. The molecular formula is C19H24N8O. The van der Waals surface area contributed by atoms with Crippen LogP contribution < -0.4 is 15.8 Å². The van der Waals surface area contributed by atoms with Crippen molar-refractivity contribution >= 4 is 22.8 Å². The predicted molar refractivity (Wildman–Crippen MR) is 107 cm³/mol. The van der Waals surface area contributed by atoms with Gasteiger partial charge in [0.2, 0.25) is 5.95 Å². The van der Waals surface area contributed by atoms with E-state index in [2.05, 4.69) is 36.6 Å². The van der Waals surface area contributed by atoms with E-state index in [0.717, 1.165) is 38.3 Å². The van der Waals surface area contributed by atoms with Gasteiger partial charge in [-0.25, -0.2) is 0 Å². The second-order valence-electron chi connectivity index (χ2n) is 7.87. The van der Waals surface area contributed by atoms with Gasteiger partial charge in [0.1, 0.15) is 5.39 Å². The molecule has 0 bridgehead atoms. The Morgan fingerprint density at radius 3 is 2.86 bits per heavy atom.